The average molecular weight is 223 g/mol. The van der Waals surface area contributed by atoms with Gasteiger partial charge < -0.3 is 10.1 Å². The van der Waals surface area contributed by atoms with E-state index in [1.165, 1.54) is 0 Å². The maximum absolute atomic E-state index is 12.1. The van der Waals surface area contributed by atoms with E-state index in [-0.39, 0.29) is 35.9 Å². The van der Waals surface area contributed by atoms with Crippen molar-refractivity contribution in [2.24, 2.45) is 23.7 Å². The summed E-state index contributed by atoms with van der Waals surface area (Å²) in [5, 5.41) is 2.93. The van der Waals surface area contributed by atoms with Crippen LogP contribution in [0.3, 0.4) is 0 Å². The highest BCUT2D eigenvalue weighted by Crippen LogP contribution is 2.57. The van der Waals surface area contributed by atoms with Gasteiger partial charge in [0.05, 0.1) is 11.8 Å². The standard InChI is InChI=1S/C12H17NO3/c1-5(2)13-11(14)9-6-3-7-8(4-6)16-12(15)10(7)9/h5-10H,3-4H2,1-2H3,(H,13,14)/t6-,7-,8+,9-,10-/m0/s1. The van der Waals surface area contributed by atoms with E-state index in [0.717, 1.165) is 12.8 Å². The third-order valence-corrected chi connectivity index (χ3v) is 4.22. The van der Waals surface area contributed by atoms with Gasteiger partial charge in [-0.3, -0.25) is 9.59 Å². The minimum absolute atomic E-state index is 0.0461. The minimum atomic E-state index is -0.150. The van der Waals surface area contributed by atoms with Crippen molar-refractivity contribution in [3.05, 3.63) is 0 Å². The Hall–Kier alpha value is -1.06. The summed E-state index contributed by atoms with van der Waals surface area (Å²) in [5.41, 5.74) is 0. The molecule has 0 radical (unpaired) electrons. The third kappa shape index (κ3) is 1.22. The lowest BCUT2D eigenvalue weighted by Gasteiger charge is -2.24. The largest absolute Gasteiger partial charge is 0.462 e. The number of carbonyl (C=O) groups is 2. The summed E-state index contributed by atoms with van der Waals surface area (Å²) in [6.45, 7) is 3.89. The second-order valence-electron chi connectivity index (χ2n) is 5.59. The van der Waals surface area contributed by atoms with Crippen LogP contribution in [-0.4, -0.2) is 24.0 Å². The van der Waals surface area contributed by atoms with Crippen molar-refractivity contribution in [1.82, 2.24) is 5.32 Å². The molecule has 4 heteroatoms. The van der Waals surface area contributed by atoms with Crippen molar-refractivity contribution in [2.75, 3.05) is 0 Å². The number of esters is 1. The maximum atomic E-state index is 12.1. The molecule has 2 saturated carbocycles. The summed E-state index contributed by atoms with van der Waals surface area (Å²) in [6.07, 6.45) is 2.01. The van der Waals surface area contributed by atoms with E-state index in [9.17, 15) is 9.59 Å². The van der Waals surface area contributed by atoms with E-state index in [0.29, 0.717) is 11.8 Å². The molecule has 3 fully saturated rings. The minimum Gasteiger partial charge on any atom is -0.462 e. The number of nitrogens with one attached hydrogen (secondary N) is 1. The molecule has 2 aliphatic carbocycles. The van der Waals surface area contributed by atoms with E-state index in [4.69, 9.17) is 4.74 Å². The lowest BCUT2D eigenvalue weighted by atomic mass is 9.79. The van der Waals surface area contributed by atoms with Crippen molar-refractivity contribution in [1.29, 1.82) is 0 Å². The van der Waals surface area contributed by atoms with E-state index < -0.39 is 0 Å². The van der Waals surface area contributed by atoms with Crippen molar-refractivity contribution in [3.8, 4) is 0 Å². The van der Waals surface area contributed by atoms with Crippen LogP contribution in [-0.2, 0) is 14.3 Å². The van der Waals surface area contributed by atoms with Crippen molar-refractivity contribution < 1.29 is 14.3 Å². The number of ether oxygens (including phenoxy) is 1. The number of amides is 1. The second-order valence-corrected chi connectivity index (χ2v) is 5.59. The zero-order valence-corrected chi connectivity index (χ0v) is 9.60. The molecular weight excluding hydrogens is 206 g/mol. The number of hydrogen-bond donors (Lipinski definition) is 1. The molecule has 0 aromatic heterocycles. The molecule has 1 saturated heterocycles. The predicted molar refractivity (Wildman–Crippen MR) is 56.4 cm³/mol. The molecule has 3 aliphatic rings. The van der Waals surface area contributed by atoms with Gasteiger partial charge in [-0.2, -0.15) is 0 Å². The quantitative estimate of drug-likeness (QED) is 0.701. The number of carbonyl (C=O) groups excluding carboxylic acids is 2. The Bertz CT molecular complexity index is 350. The Morgan fingerprint density at radius 2 is 2.19 bits per heavy atom. The number of rotatable bonds is 2. The third-order valence-electron chi connectivity index (χ3n) is 4.22. The Labute approximate surface area is 94.7 Å². The number of fused-ring (bicyclic) bond motifs is 1. The first-order valence-corrected chi connectivity index (χ1v) is 6.09. The van der Waals surface area contributed by atoms with Crippen LogP contribution in [0.2, 0.25) is 0 Å². The summed E-state index contributed by atoms with van der Waals surface area (Å²) >= 11 is 0. The Balaban J connectivity index is 1.82. The van der Waals surface area contributed by atoms with Gasteiger partial charge in [0.15, 0.2) is 0 Å². The molecule has 1 heterocycles. The highest BCUT2D eigenvalue weighted by molar-refractivity contribution is 5.88. The van der Waals surface area contributed by atoms with Crippen LogP contribution in [0.5, 0.6) is 0 Å². The monoisotopic (exact) mass is 223 g/mol. The summed E-state index contributed by atoms with van der Waals surface area (Å²) < 4.78 is 5.31. The summed E-state index contributed by atoms with van der Waals surface area (Å²) in [5.74, 6) is 0.315. The summed E-state index contributed by atoms with van der Waals surface area (Å²) in [6, 6.07) is 0.139. The maximum Gasteiger partial charge on any atom is 0.310 e. The molecule has 88 valence electrons. The lowest BCUT2D eigenvalue weighted by molar-refractivity contribution is -0.146. The Morgan fingerprint density at radius 3 is 2.88 bits per heavy atom. The molecule has 3 rings (SSSR count). The van der Waals surface area contributed by atoms with Gasteiger partial charge in [-0.1, -0.05) is 0 Å². The highest BCUT2D eigenvalue weighted by atomic mass is 16.6. The SMILES string of the molecule is CC(C)NC(=O)[C@H]1[C@H]2C[C@@H]3[C@@H]1C(=O)O[C@@H]3C2. The van der Waals surface area contributed by atoms with E-state index in [1.807, 2.05) is 13.8 Å². The first-order chi connectivity index (χ1) is 7.58. The highest BCUT2D eigenvalue weighted by Gasteiger charge is 2.63. The van der Waals surface area contributed by atoms with Crippen LogP contribution < -0.4 is 5.32 Å². The van der Waals surface area contributed by atoms with E-state index in [1.54, 1.807) is 0 Å². The molecule has 2 bridgehead atoms. The zero-order chi connectivity index (χ0) is 11.4. The van der Waals surface area contributed by atoms with Gasteiger partial charge in [-0.05, 0) is 32.6 Å². The van der Waals surface area contributed by atoms with Crippen LogP contribution in [0.1, 0.15) is 26.7 Å². The van der Waals surface area contributed by atoms with Gasteiger partial charge in [0, 0.05) is 12.0 Å². The molecule has 1 amide bonds. The average Bonchev–Trinajstić information content (AvgIpc) is 2.75. The Morgan fingerprint density at radius 1 is 1.44 bits per heavy atom. The molecule has 4 nitrogen and oxygen atoms in total. The second kappa shape index (κ2) is 3.22. The molecule has 0 spiro atoms. The van der Waals surface area contributed by atoms with Crippen LogP contribution in [0.25, 0.3) is 0 Å². The van der Waals surface area contributed by atoms with Crippen molar-refractivity contribution in [2.45, 2.75) is 38.8 Å². The van der Waals surface area contributed by atoms with Crippen LogP contribution in [0.4, 0.5) is 0 Å². The summed E-state index contributed by atoms with van der Waals surface area (Å²) in [4.78, 5) is 23.8. The van der Waals surface area contributed by atoms with Crippen LogP contribution in [0, 0.1) is 23.7 Å². The van der Waals surface area contributed by atoms with Crippen molar-refractivity contribution in [3.63, 3.8) is 0 Å². The first kappa shape index (κ1) is 10.1. The molecule has 1 aliphatic heterocycles. The topological polar surface area (TPSA) is 55.4 Å². The fourth-order valence-electron chi connectivity index (χ4n) is 3.74. The molecule has 0 aromatic rings. The molecule has 0 unspecified atom stereocenters. The smallest absolute Gasteiger partial charge is 0.310 e. The lowest BCUT2D eigenvalue weighted by Crippen LogP contribution is -2.42. The van der Waals surface area contributed by atoms with Gasteiger partial charge in [0.2, 0.25) is 5.91 Å². The molecule has 0 aromatic carbocycles. The van der Waals surface area contributed by atoms with Gasteiger partial charge in [0.25, 0.3) is 0 Å². The van der Waals surface area contributed by atoms with Gasteiger partial charge in [-0.15, -0.1) is 0 Å². The van der Waals surface area contributed by atoms with E-state index in [2.05, 4.69) is 5.32 Å². The normalized spacial score (nSPS) is 43.9. The first-order valence-electron chi connectivity index (χ1n) is 6.09. The predicted octanol–water partition coefficient (Wildman–Crippen LogP) is 0.709. The van der Waals surface area contributed by atoms with Gasteiger partial charge >= 0.3 is 5.97 Å². The van der Waals surface area contributed by atoms with Gasteiger partial charge in [0.1, 0.15) is 6.10 Å². The van der Waals surface area contributed by atoms with E-state index >= 15 is 0 Å². The van der Waals surface area contributed by atoms with Crippen LogP contribution in [0.15, 0.2) is 0 Å². The molecule has 5 atom stereocenters. The van der Waals surface area contributed by atoms with Crippen molar-refractivity contribution >= 4 is 11.9 Å². The Kier molecular flexibility index (Phi) is 2.03. The molecular formula is C12H17NO3. The molecule has 16 heavy (non-hydrogen) atoms. The zero-order valence-electron chi connectivity index (χ0n) is 9.60. The molecule has 1 N–H and O–H groups in total. The fourth-order valence-corrected chi connectivity index (χ4v) is 3.74. The summed E-state index contributed by atoms with van der Waals surface area (Å²) in [7, 11) is 0. The van der Waals surface area contributed by atoms with Gasteiger partial charge in [-0.25, -0.2) is 0 Å². The fraction of sp³-hybridized carbons (Fsp3) is 0.833. The van der Waals surface area contributed by atoms with Crippen LogP contribution >= 0.6 is 0 Å². The number of hydrogen-bond acceptors (Lipinski definition) is 3.